The van der Waals surface area contributed by atoms with Crippen molar-refractivity contribution in [2.24, 2.45) is 5.92 Å². The minimum atomic E-state index is -4.59. The fourth-order valence-corrected chi connectivity index (χ4v) is 1.76. The summed E-state index contributed by atoms with van der Waals surface area (Å²) in [5, 5.41) is 11.1. The zero-order valence-corrected chi connectivity index (χ0v) is 11.4. The molecule has 0 bridgehead atoms. The number of nitrogens with one attached hydrogen (secondary N) is 1. The average Bonchev–Trinajstić information content (AvgIpc) is 2.42. The maximum absolute atomic E-state index is 12.7. The van der Waals surface area contributed by atoms with Crippen LogP contribution in [0, 0.1) is 5.92 Å². The van der Waals surface area contributed by atoms with E-state index in [4.69, 9.17) is 5.11 Å². The number of carbonyl (C=O) groups is 2. The zero-order valence-electron chi connectivity index (χ0n) is 11.4. The molecule has 0 fully saturated rings. The third kappa shape index (κ3) is 5.09. The van der Waals surface area contributed by atoms with Gasteiger partial charge in [0.15, 0.2) is 0 Å². The van der Waals surface area contributed by atoms with Gasteiger partial charge in [-0.05, 0) is 25.0 Å². The first-order valence-electron chi connectivity index (χ1n) is 6.40. The molecule has 1 aromatic carbocycles. The fraction of sp³-hybridized carbons (Fsp3) is 0.429. The normalized spacial score (nSPS) is 12.8. The van der Waals surface area contributed by atoms with Gasteiger partial charge in [-0.3, -0.25) is 9.59 Å². The number of carboxylic acids is 1. The topological polar surface area (TPSA) is 66.4 Å². The SMILES string of the molecule is CC(CCCNC(=O)c1ccccc1C(F)(F)F)C(=O)O. The maximum Gasteiger partial charge on any atom is 0.417 e. The van der Waals surface area contributed by atoms with E-state index in [-0.39, 0.29) is 6.54 Å². The monoisotopic (exact) mass is 303 g/mol. The highest BCUT2D eigenvalue weighted by Crippen LogP contribution is 2.31. The molecule has 1 unspecified atom stereocenters. The second kappa shape index (κ2) is 7.10. The molecule has 4 nitrogen and oxygen atoms in total. The van der Waals surface area contributed by atoms with E-state index in [0.717, 1.165) is 12.1 Å². The van der Waals surface area contributed by atoms with Crippen LogP contribution in [0.25, 0.3) is 0 Å². The van der Waals surface area contributed by atoms with Gasteiger partial charge in [0.1, 0.15) is 0 Å². The maximum atomic E-state index is 12.7. The van der Waals surface area contributed by atoms with Crippen LogP contribution in [-0.4, -0.2) is 23.5 Å². The lowest BCUT2D eigenvalue weighted by Gasteiger charge is -2.13. The summed E-state index contributed by atoms with van der Waals surface area (Å²) >= 11 is 0. The zero-order chi connectivity index (χ0) is 16.0. The Kier molecular flexibility index (Phi) is 5.75. The standard InChI is InChI=1S/C14H16F3NO3/c1-9(13(20)21)5-4-8-18-12(19)10-6-2-3-7-11(10)14(15,16)17/h2-3,6-7,9H,4-5,8H2,1H3,(H,18,19)(H,20,21). The summed E-state index contributed by atoms with van der Waals surface area (Å²) in [6, 6.07) is 4.53. The summed E-state index contributed by atoms with van der Waals surface area (Å²) in [6.45, 7) is 1.66. The number of hydrogen-bond acceptors (Lipinski definition) is 2. The Balaban J connectivity index is 2.59. The number of amides is 1. The Labute approximate surface area is 120 Å². The van der Waals surface area contributed by atoms with Gasteiger partial charge >= 0.3 is 12.1 Å². The van der Waals surface area contributed by atoms with Gasteiger partial charge in [0.05, 0.1) is 17.0 Å². The molecule has 1 amide bonds. The number of carboxylic acid groups (broad SMARTS) is 1. The molecule has 7 heteroatoms. The summed E-state index contributed by atoms with van der Waals surface area (Å²) in [5.74, 6) is -2.31. The number of alkyl halides is 3. The second-order valence-corrected chi connectivity index (χ2v) is 4.68. The molecule has 1 atom stereocenters. The van der Waals surface area contributed by atoms with Crippen LogP contribution in [0.3, 0.4) is 0 Å². The molecule has 0 aliphatic rings. The van der Waals surface area contributed by atoms with Gasteiger partial charge in [0.25, 0.3) is 5.91 Å². The van der Waals surface area contributed by atoms with E-state index in [2.05, 4.69) is 5.32 Å². The quantitative estimate of drug-likeness (QED) is 0.794. The molecule has 0 aliphatic carbocycles. The van der Waals surface area contributed by atoms with E-state index < -0.39 is 35.1 Å². The highest BCUT2D eigenvalue weighted by atomic mass is 19.4. The van der Waals surface area contributed by atoms with E-state index in [9.17, 15) is 22.8 Å². The lowest BCUT2D eigenvalue weighted by molar-refractivity contribution is -0.141. The third-order valence-corrected chi connectivity index (χ3v) is 3.00. The number of rotatable bonds is 6. The Morgan fingerprint density at radius 3 is 2.48 bits per heavy atom. The molecule has 1 aromatic rings. The first-order chi connectivity index (χ1) is 9.73. The number of hydrogen-bond donors (Lipinski definition) is 2. The van der Waals surface area contributed by atoms with Crippen LogP contribution in [0.2, 0.25) is 0 Å². The molecule has 116 valence electrons. The molecular weight excluding hydrogens is 287 g/mol. The lowest BCUT2D eigenvalue weighted by Crippen LogP contribution is -2.27. The molecule has 0 aliphatic heterocycles. The van der Waals surface area contributed by atoms with Gasteiger partial charge in [-0.2, -0.15) is 13.2 Å². The van der Waals surface area contributed by atoms with Crippen LogP contribution in [-0.2, 0) is 11.0 Å². The minimum absolute atomic E-state index is 0.128. The highest BCUT2D eigenvalue weighted by Gasteiger charge is 2.34. The number of carbonyl (C=O) groups excluding carboxylic acids is 1. The number of aliphatic carboxylic acids is 1. The van der Waals surface area contributed by atoms with Gasteiger partial charge < -0.3 is 10.4 Å². The Bertz CT molecular complexity index is 514. The van der Waals surface area contributed by atoms with E-state index >= 15 is 0 Å². The van der Waals surface area contributed by atoms with E-state index in [1.54, 1.807) is 0 Å². The van der Waals surface area contributed by atoms with Crippen molar-refractivity contribution in [3.63, 3.8) is 0 Å². The van der Waals surface area contributed by atoms with Crippen molar-refractivity contribution in [3.8, 4) is 0 Å². The van der Waals surface area contributed by atoms with Crippen LogP contribution >= 0.6 is 0 Å². The van der Waals surface area contributed by atoms with Crippen molar-refractivity contribution >= 4 is 11.9 Å². The summed E-state index contributed by atoms with van der Waals surface area (Å²) < 4.78 is 38.2. The molecule has 0 radical (unpaired) electrons. The molecule has 0 saturated carbocycles. The molecule has 1 rings (SSSR count). The predicted molar refractivity (Wildman–Crippen MR) is 69.8 cm³/mol. The second-order valence-electron chi connectivity index (χ2n) is 4.68. The molecule has 21 heavy (non-hydrogen) atoms. The third-order valence-electron chi connectivity index (χ3n) is 3.00. The van der Waals surface area contributed by atoms with Gasteiger partial charge in [0, 0.05) is 6.54 Å². The van der Waals surface area contributed by atoms with Crippen LogP contribution < -0.4 is 5.32 Å². The summed E-state index contributed by atoms with van der Waals surface area (Å²) in [6.07, 6.45) is -3.87. The van der Waals surface area contributed by atoms with E-state index in [0.29, 0.717) is 12.8 Å². The van der Waals surface area contributed by atoms with Crippen molar-refractivity contribution in [1.82, 2.24) is 5.32 Å². The van der Waals surface area contributed by atoms with E-state index in [1.807, 2.05) is 0 Å². The Hall–Kier alpha value is -2.05. The number of benzene rings is 1. The van der Waals surface area contributed by atoms with Gasteiger partial charge in [-0.25, -0.2) is 0 Å². The highest BCUT2D eigenvalue weighted by molar-refractivity contribution is 5.95. The van der Waals surface area contributed by atoms with Crippen molar-refractivity contribution in [2.75, 3.05) is 6.54 Å². The summed E-state index contributed by atoms with van der Waals surface area (Å²) in [4.78, 5) is 22.4. The molecule has 2 N–H and O–H groups in total. The average molecular weight is 303 g/mol. The molecule has 0 heterocycles. The van der Waals surface area contributed by atoms with Crippen LogP contribution in [0.4, 0.5) is 13.2 Å². The van der Waals surface area contributed by atoms with Crippen LogP contribution in [0.15, 0.2) is 24.3 Å². The minimum Gasteiger partial charge on any atom is -0.481 e. The summed E-state index contributed by atoms with van der Waals surface area (Å²) in [7, 11) is 0. The van der Waals surface area contributed by atoms with E-state index in [1.165, 1.54) is 19.1 Å². The Morgan fingerprint density at radius 2 is 1.90 bits per heavy atom. The molecule has 0 saturated heterocycles. The van der Waals surface area contributed by atoms with Crippen molar-refractivity contribution in [1.29, 1.82) is 0 Å². The van der Waals surface area contributed by atoms with Gasteiger partial charge in [-0.15, -0.1) is 0 Å². The molecule has 0 spiro atoms. The van der Waals surface area contributed by atoms with Gasteiger partial charge in [-0.1, -0.05) is 19.1 Å². The smallest absolute Gasteiger partial charge is 0.417 e. The van der Waals surface area contributed by atoms with Crippen molar-refractivity contribution in [3.05, 3.63) is 35.4 Å². The van der Waals surface area contributed by atoms with Crippen molar-refractivity contribution < 1.29 is 27.9 Å². The lowest BCUT2D eigenvalue weighted by atomic mass is 10.1. The van der Waals surface area contributed by atoms with Crippen molar-refractivity contribution in [2.45, 2.75) is 25.9 Å². The predicted octanol–water partition coefficient (Wildman–Crippen LogP) is 2.94. The molecule has 0 aromatic heterocycles. The first kappa shape index (κ1) is 17.0. The largest absolute Gasteiger partial charge is 0.481 e. The van der Waals surface area contributed by atoms with Gasteiger partial charge in [0.2, 0.25) is 0 Å². The summed E-state index contributed by atoms with van der Waals surface area (Å²) in [5.41, 5.74) is -1.42. The first-order valence-corrected chi connectivity index (χ1v) is 6.40. The number of halogens is 3. The Morgan fingerprint density at radius 1 is 1.29 bits per heavy atom. The van der Waals surface area contributed by atoms with Crippen LogP contribution in [0.5, 0.6) is 0 Å². The molecular formula is C14H16F3NO3. The fourth-order valence-electron chi connectivity index (χ4n) is 1.76. The van der Waals surface area contributed by atoms with Crippen LogP contribution in [0.1, 0.15) is 35.7 Å².